The van der Waals surface area contributed by atoms with Gasteiger partial charge in [-0.15, -0.1) is 0 Å². The van der Waals surface area contributed by atoms with Crippen LogP contribution in [0.2, 0.25) is 0 Å². The first-order valence-corrected chi connectivity index (χ1v) is 6.11. The standard InChI is InChI=1S/C12H20FNO2/c1-2-16-11(15)6-12(7-14)5-8-3-9(13)4-10(8)12/h8-10H,2-7,14H2,1H3/t8-,9+,10-,12-/m0/s1. The van der Waals surface area contributed by atoms with Gasteiger partial charge in [0, 0.05) is 0 Å². The molecule has 4 atom stereocenters. The highest BCUT2D eigenvalue weighted by atomic mass is 19.1. The Morgan fingerprint density at radius 1 is 1.56 bits per heavy atom. The summed E-state index contributed by atoms with van der Waals surface area (Å²) in [5.41, 5.74) is 5.62. The van der Waals surface area contributed by atoms with Gasteiger partial charge in [-0.3, -0.25) is 4.79 Å². The predicted octanol–water partition coefficient (Wildman–Crippen LogP) is 1.65. The lowest BCUT2D eigenvalue weighted by Crippen LogP contribution is -2.51. The number of hydrogen-bond acceptors (Lipinski definition) is 3. The zero-order valence-electron chi connectivity index (χ0n) is 9.75. The molecule has 3 nitrogen and oxygen atoms in total. The summed E-state index contributed by atoms with van der Waals surface area (Å²) in [4.78, 5) is 11.5. The quantitative estimate of drug-likeness (QED) is 0.746. The fourth-order valence-electron chi connectivity index (χ4n) is 3.56. The summed E-state index contributed by atoms with van der Waals surface area (Å²) in [6.07, 6.45) is 1.82. The van der Waals surface area contributed by atoms with Crippen molar-refractivity contribution in [1.29, 1.82) is 0 Å². The molecule has 4 heteroatoms. The summed E-state index contributed by atoms with van der Waals surface area (Å²) in [5, 5.41) is 0. The van der Waals surface area contributed by atoms with E-state index in [0.717, 1.165) is 6.42 Å². The number of rotatable bonds is 4. The van der Waals surface area contributed by atoms with E-state index < -0.39 is 6.17 Å². The van der Waals surface area contributed by atoms with Crippen molar-refractivity contribution in [2.45, 2.75) is 38.8 Å². The molecule has 2 N–H and O–H groups in total. The number of carbonyl (C=O) groups is 1. The molecule has 2 saturated carbocycles. The van der Waals surface area contributed by atoms with Crippen molar-refractivity contribution in [1.82, 2.24) is 0 Å². The van der Waals surface area contributed by atoms with Crippen LogP contribution in [-0.2, 0) is 9.53 Å². The molecular weight excluding hydrogens is 209 g/mol. The first kappa shape index (κ1) is 11.8. The second kappa shape index (κ2) is 4.32. The molecule has 0 unspecified atom stereocenters. The van der Waals surface area contributed by atoms with Gasteiger partial charge in [-0.05, 0) is 50.0 Å². The third kappa shape index (κ3) is 1.83. The molecule has 0 aromatic carbocycles. The maximum atomic E-state index is 13.3. The molecule has 16 heavy (non-hydrogen) atoms. The summed E-state index contributed by atoms with van der Waals surface area (Å²) >= 11 is 0. The molecule has 0 heterocycles. The normalized spacial score (nSPS) is 41.3. The van der Waals surface area contributed by atoms with E-state index >= 15 is 0 Å². The van der Waals surface area contributed by atoms with Crippen LogP contribution in [0.4, 0.5) is 4.39 Å². The summed E-state index contributed by atoms with van der Waals surface area (Å²) in [7, 11) is 0. The largest absolute Gasteiger partial charge is 0.466 e. The smallest absolute Gasteiger partial charge is 0.306 e. The minimum atomic E-state index is -0.689. The Bertz CT molecular complexity index is 284. The molecule has 2 aliphatic carbocycles. The van der Waals surface area contributed by atoms with Gasteiger partial charge in [0.15, 0.2) is 0 Å². The second-order valence-corrected chi connectivity index (χ2v) is 5.19. The number of halogens is 1. The lowest BCUT2D eigenvalue weighted by atomic mass is 9.53. The topological polar surface area (TPSA) is 52.3 Å². The van der Waals surface area contributed by atoms with Crippen LogP contribution in [0.5, 0.6) is 0 Å². The molecule has 0 saturated heterocycles. The van der Waals surface area contributed by atoms with E-state index in [0.29, 0.717) is 44.2 Å². The number of carbonyl (C=O) groups excluding carboxylic acids is 1. The SMILES string of the molecule is CCOC(=O)C[C@]1(CN)C[C@@H]2C[C@@H](F)C[C@@H]21. The van der Waals surface area contributed by atoms with Crippen molar-refractivity contribution >= 4 is 5.97 Å². The highest BCUT2D eigenvalue weighted by Gasteiger charge is 2.57. The molecule has 0 bridgehead atoms. The summed E-state index contributed by atoms with van der Waals surface area (Å²) in [6.45, 7) is 2.67. The van der Waals surface area contributed by atoms with Crippen molar-refractivity contribution in [2.24, 2.45) is 23.0 Å². The van der Waals surface area contributed by atoms with Crippen LogP contribution >= 0.6 is 0 Å². The number of nitrogens with two attached hydrogens (primary N) is 1. The molecule has 0 aliphatic heterocycles. The van der Waals surface area contributed by atoms with Crippen LogP contribution in [-0.4, -0.2) is 25.3 Å². The van der Waals surface area contributed by atoms with Gasteiger partial charge in [0.2, 0.25) is 0 Å². The van der Waals surface area contributed by atoms with E-state index in [1.807, 2.05) is 0 Å². The van der Waals surface area contributed by atoms with Crippen molar-refractivity contribution in [3.05, 3.63) is 0 Å². The van der Waals surface area contributed by atoms with E-state index in [9.17, 15) is 9.18 Å². The zero-order valence-corrected chi connectivity index (χ0v) is 9.75. The third-order valence-corrected chi connectivity index (χ3v) is 4.30. The highest BCUT2D eigenvalue weighted by molar-refractivity contribution is 5.70. The van der Waals surface area contributed by atoms with Gasteiger partial charge in [0.1, 0.15) is 6.17 Å². The highest BCUT2D eigenvalue weighted by Crippen LogP contribution is 2.60. The predicted molar refractivity (Wildman–Crippen MR) is 58.5 cm³/mol. The number of fused-ring (bicyclic) bond motifs is 1. The van der Waals surface area contributed by atoms with Crippen LogP contribution in [0.15, 0.2) is 0 Å². The second-order valence-electron chi connectivity index (χ2n) is 5.19. The van der Waals surface area contributed by atoms with Crippen LogP contribution in [0.1, 0.15) is 32.6 Å². The summed E-state index contributed by atoms with van der Waals surface area (Å²) < 4.78 is 18.2. The van der Waals surface area contributed by atoms with Crippen LogP contribution in [0, 0.1) is 17.3 Å². The van der Waals surface area contributed by atoms with Crippen LogP contribution in [0.3, 0.4) is 0 Å². The number of alkyl halides is 1. The van der Waals surface area contributed by atoms with Crippen molar-refractivity contribution in [3.8, 4) is 0 Å². The van der Waals surface area contributed by atoms with Crippen LogP contribution in [0.25, 0.3) is 0 Å². The fourth-order valence-corrected chi connectivity index (χ4v) is 3.56. The number of ether oxygens (including phenoxy) is 1. The molecule has 0 aromatic rings. The average Bonchev–Trinajstić information content (AvgIpc) is 2.53. The van der Waals surface area contributed by atoms with E-state index in [1.54, 1.807) is 6.92 Å². The molecule has 2 aliphatic rings. The Hall–Kier alpha value is -0.640. The summed E-state index contributed by atoms with van der Waals surface area (Å²) in [5.74, 6) is 0.568. The van der Waals surface area contributed by atoms with Crippen molar-refractivity contribution in [3.63, 3.8) is 0 Å². The van der Waals surface area contributed by atoms with Gasteiger partial charge in [-0.25, -0.2) is 4.39 Å². The van der Waals surface area contributed by atoms with Gasteiger partial charge < -0.3 is 10.5 Å². The Morgan fingerprint density at radius 3 is 2.88 bits per heavy atom. The average molecular weight is 229 g/mol. The Kier molecular flexibility index (Phi) is 3.19. The summed E-state index contributed by atoms with van der Waals surface area (Å²) in [6, 6.07) is 0. The number of hydrogen-bond donors (Lipinski definition) is 1. The van der Waals surface area contributed by atoms with Crippen molar-refractivity contribution in [2.75, 3.05) is 13.2 Å². The van der Waals surface area contributed by atoms with E-state index in [4.69, 9.17) is 10.5 Å². The van der Waals surface area contributed by atoms with E-state index in [2.05, 4.69) is 0 Å². The van der Waals surface area contributed by atoms with Crippen molar-refractivity contribution < 1.29 is 13.9 Å². The fraction of sp³-hybridized carbons (Fsp3) is 0.917. The third-order valence-electron chi connectivity index (χ3n) is 4.30. The van der Waals surface area contributed by atoms with Gasteiger partial charge in [-0.1, -0.05) is 0 Å². The zero-order chi connectivity index (χ0) is 11.8. The number of esters is 1. The monoisotopic (exact) mass is 229 g/mol. The molecule has 2 fully saturated rings. The molecule has 0 spiro atoms. The Labute approximate surface area is 95.5 Å². The molecular formula is C12H20FNO2. The maximum Gasteiger partial charge on any atom is 0.306 e. The van der Waals surface area contributed by atoms with Gasteiger partial charge >= 0.3 is 5.97 Å². The van der Waals surface area contributed by atoms with Gasteiger partial charge in [-0.2, -0.15) is 0 Å². The molecule has 0 aromatic heterocycles. The molecule has 0 amide bonds. The van der Waals surface area contributed by atoms with Gasteiger partial charge in [0.25, 0.3) is 0 Å². The van der Waals surface area contributed by atoms with Gasteiger partial charge in [0.05, 0.1) is 13.0 Å². The molecule has 2 rings (SSSR count). The van der Waals surface area contributed by atoms with E-state index in [1.165, 1.54) is 0 Å². The van der Waals surface area contributed by atoms with Crippen LogP contribution < -0.4 is 5.73 Å². The minimum Gasteiger partial charge on any atom is -0.466 e. The lowest BCUT2D eigenvalue weighted by molar-refractivity contribution is -0.151. The first-order valence-electron chi connectivity index (χ1n) is 6.11. The maximum absolute atomic E-state index is 13.3. The molecule has 0 radical (unpaired) electrons. The Balaban J connectivity index is 1.97. The Morgan fingerprint density at radius 2 is 2.31 bits per heavy atom. The van der Waals surface area contributed by atoms with E-state index in [-0.39, 0.29) is 11.4 Å². The lowest BCUT2D eigenvalue weighted by Gasteiger charge is -2.51. The minimum absolute atomic E-state index is 0.169. The first-order chi connectivity index (χ1) is 7.61. The molecule has 92 valence electrons.